The maximum Gasteiger partial charge on any atom is 0.0540 e. The molecule has 0 fully saturated rings. The van der Waals surface area contributed by atoms with Crippen LogP contribution in [0.4, 0.5) is 17.1 Å². The number of para-hydroxylation sites is 1. The van der Waals surface area contributed by atoms with Gasteiger partial charge in [0.1, 0.15) is 0 Å². The highest BCUT2D eigenvalue weighted by Gasteiger charge is 2.20. The molecule has 0 bridgehead atoms. The summed E-state index contributed by atoms with van der Waals surface area (Å²) in [4.78, 5) is 2.45. The van der Waals surface area contributed by atoms with Gasteiger partial charge in [-0.1, -0.05) is 133 Å². The van der Waals surface area contributed by atoms with E-state index in [1.165, 1.54) is 64.0 Å². The van der Waals surface area contributed by atoms with E-state index in [-0.39, 0.29) is 0 Å². The lowest BCUT2D eigenvalue weighted by atomic mass is 9.95. The molecule has 0 spiro atoms. The number of thiophene rings is 1. The molecular formula is C44H29NS. The number of nitrogens with zero attached hydrogens (tertiary/aromatic N) is 1. The van der Waals surface area contributed by atoms with Crippen LogP contribution in [0.25, 0.3) is 64.0 Å². The highest BCUT2D eigenvalue weighted by molar-refractivity contribution is 7.25. The molecule has 0 N–H and O–H groups in total. The summed E-state index contributed by atoms with van der Waals surface area (Å²) in [5.41, 5.74) is 8.26. The van der Waals surface area contributed by atoms with E-state index in [1.54, 1.807) is 0 Å². The molecule has 9 rings (SSSR count). The number of benzene rings is 8. The molecule has 9 aromatic rings. The van der Waals surface area contributed by atoms with Gasteiger partial charge >= 0.3 is 0 Å². The predicted molar refractivity (Wildman–Crippen MR) is 200 cm³/mol. The van der Waals surface area contributed by atoms with E-state index in [1.807, 2.05) is 11.3 Å². The van der Waals surface area contributed by atoms with Gasteiger partial charge in [0.25, 0.3) is 0 Å². The Morgan fingerprint density at radius 2 is 0.935 bits per heavy atom. The van der Waals surface area contributed by atoms with Crippen LogP contribution >= 0.6 is 11.3 Å². The Hall–Kier alpha value is -5.70. The molecule has 0 amide bonds. The fraction of sp³-hybridized carbons (Fsp3) is 0. The lowest BCUT2D eigenvalue weighted by Crippen LogP contribution is -2.12. The average molecular weight is 604 g/mol. The van der Waals surface area contributed by atoms with Crippen molar-refractivity contribution < 1.29 is 0 Å². The van der Waals surface area contributed by atoms with E-state index in [0.29, 0.717) is 0 Å². The predicted octanol–water partition coefficient (Wildman–Crippen LogP) is 13.2. The molecular weight excluding hydrogens is 575 g/mol. The summed E-state index contributed by atoms with van der Waals surface area (Å²) in [5, 5.41) is 7.57. The minimum Gasteiger partial charge on any atom is -0.309 e. The molecule has 0 atom stereocenters. The Labute approximate surface area is 272 Å². The minimum atomic E-state index is 1.12. The van der Waals surface area contributed by atoms with Gasteiger partial charge in [-0.2, -0.15) is 0 Å². The molecule has 1 heterocycles. The van der Waals surface area contributed by atoms with Gasteiger partial charge in [-0.3, -0.25) is 0 Å². The van der Waals surface area contributed by atoms with Gasteiger partial charge in [-0.25, -0.2) is 0 Å². The van der Waals surface area contributed by atoms with Crippen molar-refractivity contribution in [3.63, 3.8) is 0 Å². The highest BCUT2D eigenvalue weighted by atomic mass is 32.1. The third-order valence-corrected chi connectivity index (χ3v) is 10.2. The summed E-state index contributed by atoms with van der Waals surface area (Å²) < 4.78 is 2.65. The summed E-state index contributed by atoms with van der Waals surface area (Å²) in [6, 6.07) is 64.0. The van der Waals surface area contributed by atoms with Gasteiger partial charge in [-0.05, 0) is 75.3 Å². The highest BCUT2D eigenvalue weighted by Crippen LogP contribution is 2.45. The van der Waals surface area contributed by atoms with E-state index in [9.17, 15) is 0 Å². The number of hydrogen-bond acceptors (Lipinski definition) is 2. The van der Waals surface area contributed by atoms with Gasteiger partial charge in [0, 0.05) is 36.8 Å². The second-order valence-corrected chi connectivity index (χ2v) is 12.8. The summed E-state index contributed by atoms with van der Waals surface area (Å²) in [6.07, 6.45) is 0. The van der Waals surface area contributed by atoms with Gasteiger partial charge in [0.05, 0.1) is 11.4 Å². The first kappa shape index (κ1) is 26.7. The smallest absolute Gasteiger partial charge is 0.0540 e. The molecule has 0 aliphatic heterocycles. The van der Waals surface area contributed by atoms with Crippen LogP contribution in [0.2, 0.25) is 0 Å². The van der Waals surface area contributed by atoms with Gasteiger partial charge in [0.2, 0.25) is 0 Å². The van der Waals surface area contributed by atoms with Crippen LogP contribution in [-0.2, 0) is 0 Å². The molecule has 2 heteroatoms. The number of fused-ring (bicyclic) bond motifs is 5. The quantitative estimate of drug-likeness (QED) is 0.189. The average Bonchev–Trinajstić information content (AvgIpc) is 3.50. The van der Waals surface area contributed by atoms with Crippen LogP contribution in [0.3, 0.4) is 0 Å². The summed E-state index contributed by atoms with van der Waals surface area (Å²) in [6.45, 7) is 0. The Kier molecular flexibility index (Phi) is 6.40. The van der Waals surface area contributed by atoms with Crippen molar-refractivity contribution in [1.82, 2.24) is 0 Å². The molecule has 0 aliphatic carbocycles. The maximum atomic E-state index is 2.45. The number of rotatable bonds is 5. The van der Waals surface area contributed by atoms with E-state index in [0.717, 1.165) is 17.1 Å². The zero-order chi connectivity index (χ0) is 30.5. The zero-order valence-electron chi connectivity index (χ0n) is 25.1. The van der Waals surface area contributed by atoms with E-state index in [2.05, 4.69) is 181 Å². The number of hydrogen-bond donors (Lipinski definition) is 0. The molecule has 0 unspecified atom stereocenters. The summed E-state index contributed by atoms with van der Waals surface area (Å²) in [5.74, 6) is 0. The summed E-state index contributed by atoms with van der Waals surface area (Å²) >= 11 is 1.86. The van der Waals surface area contributed by atoms with E-state index in [4.69, 9.17) is 0 Å². The molecule has 0 saturated carbocycles. The minimum absolute atomic E-state index is 1.12. The van der Waals surface area contributed by atoms with Crippen molar-refractivity contribution in [2.75, 3.05) is 4.90 Å². The van der Waals surface area contributed by atoms with Gasteiger partial charge in [0.15, 0.2) is 0 Å². The third-order valence-electron chi connectivity index (χ3n) is 9.05. The van der Waals surface area contributed by atoms with Crippen molar-refractivity contribution in [3.05, 3.63) is 176 Å². The Morgan fingerprint density at radius 3 is 1.83 bits per heavy atom. The molecule has 46 heavy (non-hydrogen) atoms. The lowest BCUT2D eigenvalue weighted by molar-refractivity contribution is 1.30. The van der Waals surface area contributed by atoms with Crippen LogP contribution in [0.5, 0.6) is 0 Å². The van der Waals surface area contributed by atoms with Crippen LogP contribution in [0.15, 0.2) is 176 Å². The van der Waals surface area contributed by atoms with Crippen LogP contribution in [-0.4, -0.2) is 0 Å². The molecule has 1 aromatic heterocycles. The monoisotopic (exact) mass is 603 g/mol. The third kappa shape index (κ3) is 4.46. The van der Waals surface area contributed by atoms with E-state index < -0.39 is 0 Å². The first-order chi connectivity index (χ1) is 22.8. The lowest BCUT2D eigenvalue weighted by Gasteiger charge is -2.29. The second-order valence-electron chi connectivity index (χ2n) is 11.7. The van der Waals surface area contributed by atoms with Crippen molar-refractivity contribution in [3.8, 4) is 22.3 Å². The van der Waals surface area contributed by atoms with Crippen LogP contribution < -0.4 is 4.90 Å². The Balaban J connectivity index is 1.28. The van der Waals surface area contributed by atoms with Crippen molar-refractivity contribution in [2.24, 2.45) is 0 Å². The van der Waals surface area contributed by atoms with Crippen molar-refractivity contribution in [1.29, 1.82) is 0 Å². The Bertz CT molecular complexity index is 2550. The zero-order valence-corrected chi connectivity index (χ0v) is 25.9. The topological polar surface area (TPSA) is 3.24 Å². The van der Waals surface area contributed by atoms with Crippen molar-refractivity contribution >= 4 is 70.1 Å². The molecule has 0 aliphatic rings. The van der Waals surface area contributed by atoms with E-state index >= 15 is 0 Å². The molecule has 0 radical (unpaired) electrons. The van der Waals surface area contributed by atoms with Crippen molar-refractivity contribution in [2.45, 2.75) is 0 Å². The fourth-order valence-corrected chi connectivity index (χ4v) is 7.98. The first-order valence-electron chi connectivity index (χ1n) is 15.7. The summed E-state index contributed by atoms with van der Waals surface area (Å²) in [7, 11) is 0. The molecule has 0 saturated heterocycles. The normalized spacial score (nSPS) is 11.5. The van der Waals surface area contributed by atoms with Gasteiger partial charge < -0.3 is 4.90 Å². The van der Waals surface area contributed by atoms with Gasteiger partial charge in [-0.15, -0.1) is 11.3 Å². The Morgan fingerprint density at radius 1 is 0.348 bits per heavy atom. The second kappa shape index (κ2) is 11.0. The SMILES string of the molecule is c1cc(-c2ccc3sc4ccccc4c3c2)cc(N(c2ccccc2-c2cccc3ccccc23)c2cccc3ccccc23)c1. The van der Waals surface area contributed by atoms with Crippen LogP contribution in [0.1, 0.15) is 0 Å². The largest absolute Gasteiger partial charge is 0.309 e. The molecule has 216 valence electrons. The molecule has 8 aromatic carbocycles. The van der Waals surface area contributed by atoms with Crippen LogP contribution in [0, 0.1) is 0 Å². The standard InChI is InChI=1S/C44H29NS/c1-3-18-35-30(12-1)14-10-22-37(35)38-20-5-7-23-42(38)45(41-24-11-15-31-13-2-4-19-36(31)41)34-17-9-16-32(28-34)33-26-27-44-40(29-33)39-21-6-8-25-43(39)46-44/h1-29H. The fourth-order valence-electron chi connectivity index (χ4n) is 6.90. The number of anilines is 3. The maximum absolute atomic E-state index is 2.45. The molecule has 1 nitrogen and oxygen atoms in total. The first-order valence-corrected chi connectivity index (χ1v) is 16.5.